The van der Waals surface area contributed by atoms with E-state index in [1.165, 1.54) is 15.6 Å². The van der Waals surface area contributed by atoms with Crippen LogP contribution in [0.1, 0.15) is 0 Å². The van der Waals surface area contributed by atoms with Gasteiger partial charge in [0, 0.05) is 0 Å². The summed E-state index contributed by atoms with van der Waals surface area (Å²) in [5.74, 6) is 0. The number of benzene rings is 2. The monoisotopic (exact) mass is 181 g/mol. The molecule has 0 fully saturated rings. The van der Waals surface area contributed by atoms with Crippen LogP contribution in [0, 0.1) is 0 Å². The Bertz CT molecular complexity index is 376. The lowest BCUT2D eigenvalue weighted by molar-refractivity contribution is 1.64. The van der Waals surface area contributed by atoms with Crippen LogP contribution in [0.5, 0.6) is 0 Å². The predicted molar refractivity (Wildman–Crippen MR) is 58.7 cm³/mol. The molecule has 2 aromatic carbocycles. The van der Waals surface area contributed by atoms with E-state index in [-0.39, 0.29) is 0 Å². The molecule has 1 heteroatoms. The van der Waals surface area contributed by atoms with Crippen molar-refractivity contribution in [2.45, 2.75) is 0 Å². The van der Waals surface area contributed by atoms with Crippen LogP contribution in [0.2, 0.25) is 0 Å². The molecule has 0 nitrogen and oxygen atoms in total. The van der Waals surface area contributed by atoms with E-state index in [0.29, 0.717) is 0 Å². The Morgan fingerprint density at radius 2 is 1.15 bits per heavy atom. The fourth-order valence-corrected chi connectivity index (χ4v) is 1.56. The van der Waals surface area contributed by atoms with Crippen LogP contribution < -0.4 is 4.43 Å². The van der Waals surface area contributed by atoms with Gasteiger partial charge in [-0.05, 0) is 11.1 Å². The molecule has 1 radical (unpaired) electrons. The zero-order valence-electron chi connectivity index (χ0n) is 7.40. The van der Waals surface area contributed by atoms with Crippen molar-refractivity contribution in [3.63, 3.8) is 0 Å². The van der Waals surface area contributed by atoms with E-state index in [1.807, 2.05) is 22.4 Å². The Labute approximate surface area is 86.7 Å². The summed E-state index contributed by atoms with van der Waals surface area (Å²) < 4.78 is 1.33. The van der Waals surface area contributed by atoms with Crippen molar-refractivity contribution in [2.75, 3.05) is 0 Å². The molecular weight excluding hydrogens is 171 g/mol. The van der Waals surface area contributed by atoms with Crippen LogP contribution in [-0.4, -0.2) is 16.3 Å². The van der Waals surface area contributed by atoms with Crippen molar-refractivity contribution >= 4 is 20.7 Å². The molecule has 2 aromatic rings. The molecular formula is C12H10Al. The van der Waals surface area contributed by atoms with E-state index in [4.69, 9.17) is 0 Å². The Kier molecular flexibility index (Phi) is 2.50. The van der Waals surface area contributed by atoms with Crippen molar-refractivity contribution in [3.8, 4) is 11.1 Å². The maximum Gasteiger partial charge on any atom is 0.223 e. The molecule has 0 aliphatic carbocycles. The van der Waals surface area contributed by atoms with Gasteiger partial charge in [0.05, 0.1) is 0 Å². The SMILES string of the molecule is [AlH][c]1ccc(-c2ccccc2)cc1. The van der Waals surface area contributed by atoms with Crippen molar-refractivity contribution in [1.29, 1.82) is 0 Å². The number of rotatable bonds is 1. The molecule has 2 rings (SSSR count). The van der Waals surface area contributed by atoms with E-state index in [1.54, 1.807) is 0 Å². The van der Waals surface area contributed by atoms with Gasteiger partial charge in [-0.1, -0.05) is 54.6 Å². The second-order valence-corrected chi connectivity index (χ2v) is 3.88. The molecule has 0 aliphatic heterocycles. The molecule has 0 bridgehead atoms. The highest BCUT2D eigenvalue weighted by molar-refractivity contribution is 6.32. The lowest BCUT2D eigenvalue weighted by Gasteiger charge is -2.01. The Balaban J connectivity index is 2.42. The first-order valence-corrected chi connectivity index (χ1v) is 5.04. The molecule has 0 aromatic heterocycles. The largest absolute Gasteiger partial charge is 0.223 e. The van der Waals surface area contributed by atoms with E-state index in [0.717, 1.165) is 0 Å². The molecule has 0 atom stereocenters. The summed E-state index contributed by atoms with van der Waals surface area (Å²) in [5, 5.41) is 0. The third-order valence-corrected chi connectivity index (χ3v) is 2.53. The summed E-state index contributed by atoms with van der Waals surface area (Å²) in [6.07, 6.45) is 0. The third-order valence-electron chi connectivity index (χ3n) is 2.06. The van der Waals surface area contributed by atoms with E-state index in [9.17, 15) is 0 Å². The minimum atomic E-state index is 1.28. The van der Waals surface area contributed by atoms with Crippen LogP contribution in [0.25, 0.3) is 11.1 Å². The van der Waals surface area contributed by atoms with Crippen molar-refractivity contribution in [1.82, 2.24) is 0 Å². The third kappa shape index (κ3) is 2.01. The van der Waals surface area contributed by atoms with Gasteiger partial charge in [-0.25, -0.2) is 0 Å². The van der Waals surface area contributed by atoms with E-state index in [2.05, 4.69) is 48.5 Å². The second-order valence-electron chi connectivity index (χ2n) is 3.06. The molecule has 13 heavy (non-hydrogen) atoms. The predicted octanol–water partition coefficient (Wildman–Crippen LogP) is 1.88. The highest BCUT2D eigenvalue weighted by atomic mass is 27.0. The second kappa shape index (κ2) is 3.79. The molecule has 0 spiro atoms. The smallest absolute Gasteiger partial charge is 0.129 e. The lowest BCUT2D eigenvalue weighted by atomic mass is 10.1. The van der Waals surface area contributed by atoms with Crippen molar-refractivity contribution < 1.29 is 0 Å². The van der Waals surface area contributed by atoms with Crippen LogP contribution in [-0.2, 0) is 0 Å². The zero-order chi connectivity index (χ0) is 9.10. The highest BCUT2D eigenvalue weighted by Gasteiger charge is 1.93. The summed E-state index contributed by atoms with van der Waals surface area (Å²) in [4.78, 5) is 0. The van der Waals surface area contributed by atoms with Gasteiger partial charge in [-0.3, -0.25) is 0 Å². The van der Waals surface area contributed by atoms with Crippen molar-refractivity contribution in [3.05, 3.63) is 54.6 Å². The molecule has 0 saturated heterocycles. The quantitative estimate of drug-likeness (QED) is 0.589. The first-order valence-electron chi connectivity index (χ1n) is 4.34. The van der Waals surface area contributed by atoms with Crippen molar-refractivity contribution in [2.24, 2.45) is 0 Å². The summed E-state index contributed by atoms with van der Waals surface area (Å²) in [6.45, 7) is 0. The Morgan fingerprint density at radius 1 is 0.615 bits per heavy atom. The van der Waals surface area contributed by atoms with E-state index < -0.39 is 0 Å². The molecule has 0 N–H and O–H groups in total. The normalized spacial score (nSPS) is 9.85. The fraction of sp³-hybridized carbons (Fsp3) is 0. The molecule has 0 heterocycles. The average molecular weight is 181 g/mol. The fourth-order valence-electron chi connectivity index (χ4n) is 1.33. The number of hydrogen-bond donors (Lipinski definition) is 0. The molecule has 0 aliphatic rings. The topological polar surface area (TPSA) is 0 Å². The summed E-state index contributed by atoms with van der Waals surface area (Å²) in [5.41, 5.74) is 2.57. The van der Waals surface area contributed by atoms with Crippen LogP contribution in [0.3, 0.4) is 0 Å². The molecule has 0 amide bonds. The first kappa shape index (κ1) is 8.57. The summed E-state index contributed by atoms with van der Waals surface area (Å²) in [7, 11) is 0. The van der Waals surface area contributed by atoms with Gasteiger partial charge < -0.3 is 0 Å². The first-order chi connectivity index (χ1) is 6.36. The van der Waals surface area contributed by atoms with Crippen LogP contribution in [0.15, 0.2) is 54.6 Å². The average Bonchev–Trinajstić information content (AvgIpc) is 2.20. The van der Waals surface area contributed by atoms with Gasteiger partial charge in [0.1, 0.15) is 0 Å². The van der Waals surface area contributed by atoms with Gasteiger partial charge in [0.2, 0.25) is 16.3 Å². The molecule has 0 saturated carbocycles. The molecule has 0 unspecified atom stereocenters. The summed E-state index contributed by atoms with van der Waals surface area (Å²) >= 11 is 1.91. The van der Waals surface area contributed by atoms with Gasteiger partial charge in [0.25, 0.3) is 0 Å². The zero-order valence-corrected chi connectivity index (χ0v) is 8.82. The lowest BCUT2D eigenvalue weighted by Crippen LogP contribution is -1.98. The highest BCUT2D eigenvalue weighted by Crippen LogP contribution is 2.16. The van der Waals surface area contributed by atoms with E-state index >= 15 is 0 Å². The molecule has 61 valence electrons. The maximum atomic E-state index is 2.16. The van der Waals surface area contributed by atoms with Gasteiger partial charge in [-0.15, -0.1) is 4.43 Å². The number of hydrogen-bond acceptors (Lipinski definition) is 0. The van der Waals surface area contributed by atoms with Gasteiger partial charge in [0.15, 0.2) is 0 Å². The summed E-state index contributed by atoms with van der Waals surface area (Å²) in [6, 6.07) is 19.1. The minimum absolute atomic E-state index is 1.28. The van der Waals surface area contributed by atoms with Gasteiger partial charge >= 0.3 is 0 Å². The maximum absolute atomic E-state index is 2.16. The standard InChI is InChI=1S/C12H9.Al.H/c1-3-7-11(8-4-1)12-9-5-2-6-10-12;;/h1,3-10H;;. The van der Waals surface area contributed by atoms with Gasteiger partial charge in [-0.2, -0.15) is 0 Å². The van der Waals surface area contributed by atoms with Crippen LogP contribution >= 0.6 is 0 Å². The van der Waals surface area contributed by atoms with Crippen LogP contribution in [0.4, 0.5) is 0 Å². The minimum Gasteiger partial charge on any atom is -0.129 e. The Morgan fingerprint density at radius 3 is 1.77 bits per heavy atom. The Hall–Kier alpha value is -1.03.